The minimum atomic E-state index is -5.64. The fraction of sp³-hybridized carbons (Fsp3) is 0.222. The second-order valence-electron chi connectivity index (χ2n) is 3.19. The number of hydrogen-bond donors (Lipinski definition) is 2. The van der Waals surface area contributed by atoms with Crippen molar-refractivity contribution in [1.82, 2.24) is 4.72 Å². The molecule has 0 unspecified atom stereocenters. The predicted molar refractivity (Wildman–Crippen MR) is 58.0 cm³/mol. The van der Waals surface area contributed by atoms with Crippen LogP contribution >= 0.6 is 0 Å². The molecule has 0 atom stereocenters. The number of sulfonamides is 1. The Kier molecular flexibility index (Phi) is 4.17. The van der Waals surface area contributed by atoms with Crippen LogP contribution in [0.25, 0.3) is 0 Å². The van der Waals surface area contributed by atoms with E-state index in [0.717, 1.165) is 4.72 Å². The normalized spacial score (nSPS) is 11.9. The van der Waals surface area contributed by atoms with Crippen molar-refractivity contribution < 1.29 is 26.4 Å². The first-order chi connectivity index (χ1) is 8.22. The van der Waals surface area contributed by atoms with Crippen molar-refractivity contribution in [3.63, 3.8) is 0 Å². The van der Waals surface area contributed by atoms with Crippen molar-refractivity contribution in [2.75, 3.05) is 11.9 Å². The van der Waals surface area contributed by atoms with Gasteiger partial charge in [0.25, 0.3) is 5.91 Å². The van der Waals surface area contributed by atoms with Crippen molar-refractivity contribution in [2.45, 2.75) is 5.51 Å². The topological polar surface area (TPSA) is 75.3 Å². The van der Waals surface area contributed by atoms with E-state index < -0.39 is 28.0 Å². The Morgan fingerprint density at radius 3 is 2.22 bits per heavy atom. The van der Waals surface area contributed by atoms with E-state index in [4.69, 9.17) is 0 Å². The molecule has 0 saturated carbocycles. The summed E-state index contributed by atoms with van der Waals surface area (Å²) in [5.74, 6) is -1.30. The van der Waals surface area contributed by atoms with Gasteiger partial charge in [0.2, 0.25) is 0 Å². The molecule has 0 fully saturated rings. The number of amides is 1. The summed E-state index contributed by atoms with van der Waals surface area (Å²) in [4.78, 5) is 11.0. The third-order valence-corrected chi connectivity index (χ3v) is 2.89. The van der Waals surface area contributed by atoms with Gasteiger partial charge in [-0.1, -0.05) is 18.2 Å². The molecule has 9 heteroatoms. The van der Waals surface area contributed by atoms with Crippen molar-refractivity contribution >= 4 is 21.6 Å². The zero-order chi connectivity index (χ0) is 13.8. The van der Waals surface area contributed by atoms with E-state index >= 15 is 0 Å². The minimum Gasteiger partial charge on any atom is -0.376 e. The lowest BCUT2D eigenvalue weighted by atomic mass is 10.3. The maximum atomic E-state index is 11.9. The van der Waals surface area contributed by atoms with E-state index in [-0.39, 0.29) is 0 Å². The van der Waals surface area contributed by atoms with E-state index in [1.807, 2.05) is 0 Å². The first-order valence-electron chi connectivity index (χ1n) is 4.63. The number of carbonyl (C=O) groups is 1. The summed E-state index contributed by atoms with van der Waals surface area (Å²) >= 11 is 0. The number of nitrogens with one attached hydrogen (secondary N) is 2. The molecule has 1 aromatic carbocycles. The van der Waals surface area contributed by atoms with Gasteiger partial charge in [0.05, 0.1) is 6.54 Å². The Morgan fingerprint density at radius 1 is 1.17 bits per heavy atom. The van der Waals surface area contributed by atoms with Crippen LogP contribution in [-0.2, 0) is 14.8 Å². The molecule has 18 heavy (non-hydrogen) atoms. The van der Waals surface area contributed by atoms with Crippen LogP contribution in [0.1, 0.15) is 0 Å². The van der Waals surface area contributed by atoms with Crippen molar-refractivity contribution in [1.29, 1.82) is 0 Å². The van der Waals surface area contributed by atoms with Crippen molar-refractivity contribution in [3.8, 4) is 0 Å². The molecule has 1 aromatic rings. The van der Waals surface area contributed by atoms with Crippen LogP contribution in [-0.4, -0.2) is 26.4 Å². The number of anilines is 1. The summed E-state index contributed by atoms with van der Waals surface area (Å²) < 4.78 is 57.9. The molecule has 0 aliphatic heterocycles. The number of carbonyl (C=O) groups excluding carboxylic acids is 1. The van der Waals surface area contributed by atoms with Crippen LogP contribution < -0.4 is 10.0 Å². The highest BCUT2D eigenvalue weighted by Gasteiger charge is 2.46. The average Bonchev–Trinajstić information content (AvgIpc) is 2.26. The SMILES string of the molecule is O=C(CNc1ccccc1)NS(=O)(=O)C(F)(F)F. The summed E-state index contributed by atoms with van der Waals surface area (Å²) in [6.45, 7) is -0.584. The Hall–Kier alpha value is -1.77. The number of rotatable bonds is 4. The van der Waals surface area contributed by atoms with Gasteiger partial charge in [-0.05, 0) is 12.1 Å². The third kappa shape index (κ3) is 3.91. The zero-order valence-electron chi connectivity index (χ0n) is 8.86. The van der Waals surface area contributed by atoms with Gasteiger partial charge in [-0.15, -0.1) is 0 Å². The Bertz CT molecular complexity index is 514. The van der Waals surface area contributed by atoms with Gasteiger partial charge in [-0.25, -0.2) is 4.72 Å². The van der Waals surface area contributed by atoms with Gasteiger partial charge in [0.1, 0.15) is 0 Å². The van der Waals surface area contributed by atoms with E-state index in [0.29, 0.717) is 5.69 Å². The first kappa shape index (κ1) is 14.3. The smallest absolute Gasteiger partial charge is 0.376 e. The van der Waals surface area contributed by atoms with E-state index in [9.17, 15) is 26.4 Å². The Labute approximate surface area is 101 Å². The van der Waals surface area contributed by atoms with Gasteiger partial charge in [0.15, 0.2) is 0 Å². The zero-order valence-corrected chi connectivity index (χ0v) is 9.68. The van der Waals surface area contributed by atoms with Gasteiger partial charge in [-0.3, -0.25) is 4.79 Å². The van der Waals surface area contributed by atoms with E-state index in [1.165, 1.54) is 0 Å². The molecule has 0 aromatic heterocycles. The minimum absolute atomic E-state index is 0.483. The number of para-hydroxylation sites is 1. The number of alkyl halides is 3. The number of benzene rings is 1. The summed E-state index contributed by atoms with van der Waals surface area (Å²) in [5.41, 5.74) is -5.02. The molecule has 0 aliphatic rings. The highest BCUT2D eigenvalue weighted by molar-refractivity contribution is 7.90. The molecule has 0 bridgehead atoms. The van der Waals surface area contributed by atoms with Gasteiger partial charge in [-0.2, -0.15) is 21.6 Å². The fourth-order valence-corrected chi connectivity index (χ4v) is 1.47. The maximum absolute atomic E-state index is 11.9. The van der Waals surface area contributed by atoms with Crippen LogP contribution in [0.15, 0.2) is 30.3 Å². The van der Waals surface area contributed by atoms with Crippen LogP contribution in [0, 0.1) is 0 Å². The maximum Gasteiger partial charge on any atom is 0.516 e. The van der Waals surface area contributed by atoms with E-state index in [1.54, 1.807) is 30.3 Å². The monoisotopic (exact) mass is 282 g/mol. The van der Waals surface area contributed by atoms with E-state index in [2.05, 4.69) is 5.32 Å². The highest BCUT2D eigenvalue weighted by atomic mass is 32.2. The molecular weight excluding hydrogens is 273 g/mol. The fourth-order valence-electron chi connectivity index (χ4n) is 0.982. The molecule has 0 radical (unpaired) electrons. The summed E-state index contributed by atoms with van der Waals surface area (Å²) in [7, 11) is -5.64. The molecule has 0 spiro atoms. The van der Waals surface area contributed by atoms with Crippen LogP contribution in [0.2, 0.25) is 0 Å². The number of hydrogen-bond acceptors (Lipinski definition) is 4. The van der Waals surface area contributed by atoms with Crippen LogP contribution in [0.4, 0.5) is 18.9 Å². The molecule has 1 rings (SSSR count). The molecule has 1 amide bonds. The lowest BCUT2D eigenvalue weighted by Crippen LogP contribution is -2.42. The molecule has 2 N–H and O–H groups in total. The quantitative estimate of drug-likeness (QED) is 0.866. The average molecular weight is 282 g/mol. The molecule has 5 nitrogen and oxygen atoms in total. The third-order valence-electron chi connectivity index (χ3n) is 1.78. The lowest BCUT2D eigenvalue weighted by Gasteiger charge is -2.10. The van der Waals surface area contributed by atoms with Crippen LogP contribution in [0.5, 0.6) is 0 Å². The van der Waals surface area contributed by atoms with Gasteiger partial charge in [0, 0.05) is 5.69 Å². The summed E-state index contributed by atoms with van der Waals surface area (Å²) in [6.07, 6.45) is 0. The standard InChI is InChI=1S/C9H9F3N2O3S/c10-9(11,12)18(16,17)14-8(15)6-13-7-4-2-1-3-5-7/h1-5,13H,6H2,(H,14,15). The Balaban J connectivity index is 2.54. The molecular formula is C9H9F3N2O3S. The van der Waals surface area contributed by atoms with Gasteiger partial charge < -0.3 is 5.32 Å². The largest absolute Gasteiger partial charge is 0.516 e. The molecule has 0 aliphatic carbocycles. The summed E-state index contributed by atoms with van der Waals surface area (Å²) in [6, 6.07) is 8.15. The second kappa shape index (κ2) is 5.25. The summed E-state index contributed by atoms with van der Waals surface area (Å²) in [5, 5.41) is 2.47. The lowest BCUT2D eigenvalue weighted by molar-refractivity contribution is -0.118. The van der Waals surface area contributed by atoms with Crippen molar-refractivity contribution in [3.05, 3.63) is 30.3 Å². The van der Waals surface area contributed by atoms with Crippen LogP contribution in [0.3, 0.4) is 0 Å². The number of halogens is 3. The predicted octanol–water partition coefficient (Wildman–Crippen LogP) is 1.06. The first-order valence-corrected chi connectivity index (χ1v) is 6.11. The Morgan fingerprint density at radius 2 is 1.72 bits per heavy atom. The highest BCUT2D eigenvalue weighted by Crippen LogP contribution is 2.21. The molecule has 0 heterocycles. The molecule has 100 valence electrons. The second-order valence-corrected chi connectivity index (χ2v) is 4.87. The molecule has 0 saturated heterocycles. The van der Waals surface area contributed by atoms with Crippen molar-refractivity contribution in [2.24, 2.45) is 0 Å². The van der Waals surface area contributed by atoms with Gasteiger partial charge >= 0.3 is 15.5 Å².